The standard InChI is InChI=1S/C4H3N3O3S/c8-3-1-2(7(9)10)5-4(11)6-3/h1H,(H2,5,6,8,11). The molecule has 0 spiro atoms. The zero-order valence-corrected chi connectivity index (χ0v) is 5.97. The predicted molar refractivity (Wildman–Crippen MR) is 38.9 cm³/mol. The molecule has 1 rings (SSSR count). The normalized spacial score (nSPS) is 9.45. The van der Waals surface area contributed by atoms with Crippen LogP contribution >= 0.6 is 12.2 Å². The quantitative estimate of drug-likeness (QED) is 0.364. The Morgan fingerprint density at radius 3 is 2.64 bits per heavy atom. The van der Waals surface area contributed by atoms with Crippen LogP contribution in [-0.4, -0.2) is 14.9 Å². The molecular formula is C4H3N3O3S. The van der Waals surface area contributed by atoms with E-state index in [0.29, 0.717) is 0 Å². The van der Waals surface area contributed by atoms with Crippen LogP contribution < -0.4 is 5.56 Å². The average Bonchev–Trinajstić information content (AvgIpc) is 1.85. The molecule has 1 heterocycles. The molecule has 0 unspecified atom stereocenters. The van der Waals surface area contributed by atoms with Crippen LogP contribution in [0.1, 0.15) is 0 Å². The van der Waals surface area contributed by atoms with Gasteiger partial charge >= 0.3 is 5.82 Å². The SMILES string of the molecule is O=c1cc([N+](=O)[O-])[nH]c(=S)[nH]1. The summed E-state index contributed by atoms with van der Waals surface area (Å²) in [5.41, 5.74) is -0.583. The molecule has 0 aliphatic heterocycles. The maximum atomic E-state index is 10.6. The van der Waals surface area contributed by atoms with Crippen LogP contribution in [0.2, 0.25) is 0 Å². The van der Waals surface area contributed by atoms with Crippen LogP contribution in [-0.2, 0) is 0 Å². The summed E-state index contributed by atoms with van der Waals surface area (Å²) in [6, 6.07) is 0.829. The first kappa shape index (κ1) is 7.61. The molecule has 0 bridgehead atoms. The fourth-order valence-electron chi connectivity index (χ4n) is 0.554. The van der Waals surface area contributed by atoms with Crippen molar-refractivity contribution >= 4 is 18.0 Å². The lowest BCUT2D eigenvalue weighted by Crippen LogP contribution is -2.07. The highest BCUT2D eigenvalue weighted by molar-refractivity contribution is 7.71. The van der Waals surface area contributed by atoms with E-state index in [2.05, 4.69) is 22.2 Å². The van der Waals surface area contributed by atoms with Crippen molar-refractivity contribution in [3.63, 3.8) is 0 Å². The first-order chi connectivity index (χ1) is 5.09. The highest BCUT2D eigenvalue weighted by atomic mass is 32.1. The summed E-state index contributed by atoms with van der Waals surface area (Å²) < 4.78 is -0.0517. The molecule has 0 atom stereocenters. The molecule has 7 heteroatoms. The first-order valence-corrected chi connectivity index (χ1v) is 2.98. The van der Waals surface area contributed by atoms with E-state index in [9.17, 15) is 14.9 Å². The lowest BCUT2D eigenvalue weighted by atomic mass is 10.6. The van der Waals surface area contributed by atoms with Crippen molar-refractivity contribution in [3.05, 3.63) is 31.3 Å². The Morgan fingerprint density at radius 1 is 1.55 bits per heavy atom. The first-order valence-electron chi connectivity index (χ1n) is 2.57. The number of hydrogen-bond acceptors (Lipinski definition) is 4. The molecule has 0 amide bonds. The van der Waals surface area contributed by atoms with Gasteiger partial charge in [-0.3, -0.25) is 9.78 Å². The Morgan fingerprint density at radius 2 is 2.18 bits per heavy atom. The third-order valence-electron chi connectivity index (χ3n) is 0.943. The van der Waals surface area contributed by atoms with Gasteiger partial charge in [0.1, 0.15) is 0 Å². The van der Waals surface area contributed by atoms with Crippen molar-refractivity contribution in [2.45, 2.75) is 0 Å². The third-order valence-corrected chi connectivity index (χ3v) is 1.15. The summed E-state index contributed by atoms with van der Waals surface area (Å²) >= 11 is 4.49. The van der Waals surface area contributed by atoms with Crippen LogP contribution in [0.15, 0.2) is 10.9 Å². The molecule has 0 radical (unpaired) electrons. The molecule has 1 aromatic rings. The maximum Gasteiger partial charge on any atom is 0.328 e. The van der Waals surface area contributed by atoms with Gasteiger partial charge in [0.05, 0.1) is 6.07 Å². The van der Waals surface area contributed by atoms with Crippen molar-refractivity contribution < 1.29 is 4.92 Å². The van der Waals surface area contributed by atoms with Gasteiger partial charge in [0.15, 0.2) is 0 Å². The molecule has 58 valence electrons. The number of aromatic nitrogens is 2. The van der Waals surface area contributed by atoms with Gasteiger partial charge in [-0.05, 0) is 17.1 Å². The molecule has 6 nitrogen and oxygen atoms in total. The minimum absolute atomic E-state index is 0.0517. The predicted octanol–water partition coefficient (Wildman–Crippen LogP) is 0.341. The Bertz CT molecular complexity index is 364. The summed E-state index contributed by atoms with van der Waals surface area (Å²) in [4.78, 5) is 24.3. The number of nitrogens with one attached hydrogen (secondary N) is 2. The zero-order chi connectivity index (χ0) is 8.43. The molecule has 0 fully saturated rings. The topological polar surface area (TPSA) is 91.8 Å². The van der Waals surface area contributed by atoms with E-state index in [1.807, 2.05) is 0 Å². The van der Waals surface area contributed by atoms with E-state index in [0.717, 1.165) is 6.07 Å². The van der Waals surface area contributed by atoms with Crippen LogP contribution in [0.5, 0.6) is 0 Å². The lowest BCUT2D eigenvalue weighted by Gasteiger charge is -1.90. The molecule has 0 aromatic carbocycles. The summed E-state index contributed by atoms with van der Waals surface area (Å²) in [7, 11) is 0. The maximum absolute atomic E-state index is 10.6. The van der Waals surface area contributed by atoms with Crippen molar-refractivity contribution in [2.75, 3.05) is 0 Å². The Kier molecular flexibility index (Phi) is 1.81. The van der Waals surface area contributed by atoms with Crippen LogP contribution in [0, 0.1) is 14.9 Å². The van der Waals surface area contributed by atoms with Gasteiger partial charge in [-0.1, -0.05) is 0 Å². The fraction of sp³-hybridized carbons (Fsp3) is 0. The Hall–Kier alpha value is -1.50. The molecule has 2 N–H and O–H groups in total. The second kappa shape index (κ2) is 2.62. The average molecular weight is 173 g/mol. The van der Waals surface area contributed by atoms with Gasteiger partial charge in [-0.25, -0.2) is 4.98 Å². The lowest BCUT2D eigenvalue weighted by molar-refractivity contribution is -0.389. The number of rotatable bonds is 1. The Labute approximate surface area is 65.0 Å². The molecule has 0 aliphatic rings. The van der Waals surface area contributed by atoms with Gasteiger partial charge in [0.2, 0.25) is 0 Å². The number of hydrogen-bond donors (Lipinski definition) is 2. The van der Waals surface area contributed by atoms with Gasteiger partial charge in [0.25, 0.3) is 10.3 Å². The van der Waals surface area contributed by atoms with Gasteiger partial charge in [-0.15, -0.1) is 0 Å². The number of H-pyrrole nitrogens is 2. The number of nitrogens with zero attached hydrogens (tertiary/aromatic N) is 1. The smallest absolute Gasteiger partial charge is 0.328 e. The van der Waals surface area contributed by atoms with E-state index in [1.165, 1.54) is 0 Å². The van der Waals surface area contributed by atoms with Gasteiger partial charge in [0, 0.05) is 0 Å². The molecule has 0 saturated heterocycles. The molecule has 11 heavy (non-hydrogen) atoms. The highest BCUT2D eigenvalue weighted by Crippen LogP contribution is 1.98. The largest absolute Gasteiger partial charge is 0.358 e. The number of aromatic amines is 2. The monoisotopic (exact) mass is 173 g/mol. The van der Waals surface area contributed by atoms with E-state index in [1.54, 1.807) is 0 Å². The van der Waals surface area contributed by atoms with Crippen molar-refractivity contribution in [3.8, 4) is 0 Å². The molecule has 1 aromatic heterocycles. The zero-order valence-electron chi connectivity index (χ0n) is 5.16. The molecule has 0 aliphatic carbocycles. The fourth-order valence-corrected chi connectivity index (χ4v) is 0.759. The minimum Gasteiger partial charge on any atom is -0.358 e. The van der Waals surface area contributed by atoms with Crippen molar-refractivity contribution in [1.82, 2.24) is 9.97 Å². The second-order valence-corrected chi connectivity index (χ2v) is 2.14. The third kappa shape index (κ3) is 1.71. The summed E-state index contributed by atoms with van der Waals surface area (Å²) in [6.45, 7) is 0. The molecule has 0 saturated carbocycles. The van der Waals surface area contributed by atoms with Crippen LogP contribution in [0.25, 0.3) is 0 Å². The van der Waals surface area contributed by atoms with Gasteiger partial charge < -0.3 is 10.1 Å². The van der Waals surface area contributed by atoms with Crippen molar-refractivity contribution in [2.24, 2.45) is 0 Å². The summed E-state index contributed by atoms with van der Waals surface area (Å²) in [6.07, 6.45) is 0. The summed E-state index contributed by atoms with van der Waals surface area (Å²) in [5.74, 6) is -0.404. The number of nitro groups is 1. The minimum atomic E-state index is -0.717. The van der Waals surface area contributed by atoms with Gasteiger partial charge in [-0.2, -0.15) is 0 Å². The van der Waals surface area contributed by atoms with E-state index in [4.69, 9.17) is 0 Å². The Balaban J connectivity index is 3.42. The summed E-state index contributed by atoms with van der Waals surface area (Å²) in [5, 5.41) is 10.1. The second-order valence-electron chi connectivity index (χ2n) is 1.73. The van der Waals surface area contributed by atoms with Crippen molar-refractivity contribution in [1.29, 1.82) is 0 Å². The van der Waals surface area contributed by atoms with E-state index < -0.39 is 16.3 Å². The van der Waals surface area contributed by atoms with Crippen LogP contribution in [0.4, 0.5) is 5.82 Å². The van der Waals surface area contributed by atoms with E-state index >= 15 is 0 Å². The molecular weight excluding hydrogens is 170 g/mol. The highest BCUT2D eigenvalue weighted by Gasteiger charge is 2.02. The van der Waals surface area contributed by atoms with E-state index in [-0.39, 0.29) is 4.77 Å². The van der Waals surface area contributed by atoms with Crippen LogP contribution in [0.3, 0.4) is 0 Å².